The summed E-state index contributed by atoms with van der Waals surface area (Å²) in [6.07, 6.45) is 0.542. The molecule has 0 aliphatic carbocycles. The zero-order chi connectivity index (χ0) is 13.2. The van der Waals surface area contributed by atoms with E-state index in [1.54, 1.807) is 11.9 Å². The minimum Gasteiger partial charge on any atom is -0.341 e. The molecular weight excluding hydrogens is 240 g/mol. The topological polar surface area (TPSA) is 80.5 Å². The highest BCUT2D eigenvalue weighted by Gasteiger charge is 2.35. The van der Waals surface area contributed by atoms with Crippen LogP contribution < -0.4 is 5.73 Å². The van der Waals surface area contributed by atoms with Gasteiger partial charge in [-0.2, -0.15) is 0 Å². The highest BCUT2D eigenvalue weighted by Crippen LogP contribution is 2.20. The Balaban J connectivity index is 2.70. The lowest BCUT2D eigenvalue weighted by Crippen LogP contribution is -2.44. The number of nitrogens with zero attached hydrogens (tertiary/aromatic N) is 1. The molecule has 1 rings (SSSR count). The molecule has 1 amide bonds. The lowest BCUT2D eigenvalue weighted by Gasteiger charge is -2.29. The Labute approximate surface area is 103 Å². The molecule has 0 bridgehead atoms. The molecule has 100 valence electrons. The van der Waals surface area contributed by atoms with Crippen LogP contribution in [0.1, 0.15) is 20.3 Å². The molecule has 1 aliphatic heterocycles. The first kappa shape index (κ1) is 14.4. The van der Waals surface area contributed by atoms with Gasteiger partial charge in [0, 0.05) is 19.6 Å². The predicted molar refractivity (Wildman–Crippen MR) is 67.2 cm³/mol. The fourth-order valence-electron chi connectivity index (χ4n) is 2.18. The second-order valence-electron chi connectivity index (χ2n) is 5.09. The van der Waals surface area contributed by atoms with Crippen LogP contribution in [-0.4, -0.2) is 50.4 Å². The van der Waals surface area contributed by atoms with Crippen molar-refractivity contribution in [1.82, 2.24) is 4.90 Å². The van der Waals surface area contributed by atoms with E-state index in [0.29, 0.717) is 13.0 Å². The average molecular weight is 262 g/mol. The quantitative estimate of drug-likeness (QED) is 0.765. The van der Waals surface area contributed by atoms with Crippen molar-refractivity contribution >= 4 is 15.7 Å². The summed E-state index contributed by atoms with van der Waals surface area (Å²) >= 11 is 0. The van der Waals surface area contributed by atoms with Gasteiger partial charge in [0.05, 0.1) is 17.4 Å². The van der Waals surface area contributed by atoms with Crippen LogP contribution in [-0.2, 0) is 14.6 Å². The maximum atomic E-state index is 12.2. The van der Waals surface area contributed by atoms with Gasteiger partial charge >= 0.3 is 0 Å². The van der Waals surface area contributed by atoms with Gasteiger partial charge in [-0.05, 0) is 12.3 Å². The standard InChI is InChI=1S/C11H22N2O3S/c1-8(2)10(6-12)11(14)13(3)9-4-5-17(15,16)7-9/h8-10H,4-7,12H2,1-3H3. The summed E-state index contributed by atoms with van der Waals surface area (Å²) in [4.78, 5) is 13.7. The third-order valence-corrected chi connectivity index (χ3v) is 5.23. The fourth-order valence-corrected chi connectivity index (χ4v) is 3.95. The van der Waals surface area contributed by atoms with Crippen molar-refractivity contribution in [2.75, 3.05) is 25.1 Å². The molecule has 2 atom stereocenters. The van der Waals surface area contributed by atoms with Crippen LogP contribution in [0.15, 0.2) is 0 Å². The smallest absolute Gasteiger partial charge is 0.227 e. The van der Waals surface area contributed by atoms with E-state index >= 15 is 0 Å². The summed E-state index contributed by atoms with van der Waals surface area (Å²) < 4.78 is 22.8. The lowest BCUT2D eigenvalue weighted by atomic mass is 9.94. The Bertz CT molecular complexity index is 378. The number of carbonyl (C=O) groups excluding carboxylic acids is 1. The van der Waals surface area contributed by atoms with Crippen LogP contribution in [0, 0.1) is 11.8 Å². The highest BCUT2D eigenvalue weighted by molar-refractivity contribution is 7.91. The second-order valence-corrected chi connectivity index (χ2v) is 7.32. The van der Waals surface area contributed by atoms with Crippen molar-refractivity contribution in [3.8, 4) is 0 Å². The Morgan fingerprint density at radius 1 is 1.47 bits per heavy atom. The molecule has 1 heterocycles. The van der Waals surface area contributed by atoms with Crippen molar-refractivity contribution in [2.24, 2.45) is 17.6 Å². The first-order chi connectivity index (χ1) is 7.78. The van der Waals surface area contributed by atoms with Crippen molar-refractivity contribution < 1.29 is 13.2 Å². The Kier molecular flexibility index (Phi) is 4.55. The summed E-state index contributed by atoms with van der Waals surface area (Å²) in [7, 11) is -1.27. The van der Waals surface area contributed by atoms with Crippen LogP contribution in [0.3, 0.4) is 0 Å². The summed E-state index contributed by atoms with van der Waals surface area (Å²) in [6.45, 7) is 4.21. The largest absolute Gasteiger partial charge is 0.341 e. The van der Waals surface area contributed by atoms with Crippen LogP contribution in [0.5, 0.6) is 0 Å². The van der Waals surface area contributed by atoms with Gasteiger partial charge in [0.25, 0.3) is 0 Å². The molecule has 1 saturated heterocycles. The normalized spacial score (nSPS) is 24.9. The van der Waals surface area contributed by atoms with E-state index < -0.39 is 9.84 Å². The van der Waals surface area contributed by atoms with Gasteiger partial charge < -0.3 is 10.6 Å². The molecule has 17 heavy (non-hydrogen) atoms. The van der Waals surface area contributed by atoms with Crippen molar-refractivity contribution in [1.29, 1.82) is 0 Å². The molecule has 1 aliphatic rings. The SMILES string of the molecule is CC(C)C(CN)C(=O)N(C)C1CCS(=O)(=O)C1. The van der Waals surface area contributed by atoms with Gasteiger partial charge in [-0.15, -0.1) is 0 Å². The van der Waals surface area contributed by atoms with E-state index in [-0.39, 0.29) is 35.3 Å². The third-order valence-electron chi connectivity index (χ3n) is 3.48. The molecule has 1 fully saturated rings. The maximum Gasteiger partial charge on any atom is 0.227 e. The van der Waals surface area contributed by atoms with E-state index in [1.807, 2.05) is 13.8 Å². The lowest BCUT2D eigenvalue weighted by molar-refractivity contribution is -0.136. The zero-order valence-electron chi connectivity index (χ0n) is 10.7. The van der Waals surface area contributed by atoms with Gasteiger partial charge in [0.2, 0.25) is 5.91 Å². The van der Waals surface area contributed by atoms with E-state index in [2.05, 4.69) is 0 Å². The average Bonchev–Trinajstić information content (AvgIpc) is 2.58. The predicted octanol–water partition coefficient (Wildman–Crippen LogP) is -0.137. The molecule has 0 aromatic heterocycles. The number of sulfone groups is 1. The molecule has 0 saturated carbocycles. The van der Waals surface area contributed by atoms with Gasteiger partial charge in [-0.1, -0.05) is 13.8 Å². The first-order valence-electron chi connectivity index (χ1n) is 5.95. The summed E-state index contributed by atoms with van der Waals surface area (Å²) in [5, 5.41) is 0. The number of rotatable bonds is 4. The Morgan fingerprint density at radius 3 is 2.41 bits per heavy atom. The number of hydrogen-bond acceptors (Lipinski definition) is 4. The number of carbonyl (C=O) groups is 1. The van der Waals surface area contributed by atoms with Crippen LogP contribution in [0.4, 0.5) is 0 Å². The molecule has 2 unspecified atom stereocenters. The summed E-state index contributed by atoms with van der Waals surface area (Å²) in [5.41, 5.74) is 5.60. The summed E-state index contributed by atoms with van der Waals surface area (Å²) in [5.74, 6) is 0.190. The van der Waals surface area contributed by atoms with E-state index in [4.69, 9.17) is 5.73 Å². The molecule has 6 heteroatoms. The molecule has 0 aromatic carbocycles. The maximum absolute atomic E-state index is 12.2. The zero-order valence-corrected chi connectivity index (χ0v) is 11.5. The molecule has 5 nitrogen and oxygen atoms in total. The van der Waals surface area contributed by atoms with E-state index in [9.17, 15) is 13.2 Å². The number of nitrogens with two attached hydrogens (primary N) is 1. The van der Waals surface area contributed by atoms with Crippen molar-refractivity contribution in [3.05, 3.63) is 0 Å². The fraction of sp³-hybridized carbons (Fsp3) is 0.909. The molecule has 0 radical (unpaired) electrons. The Morgan fingerprint density at radius 2 is 2.06 bits per heavy atom. The first-order valence-corrected chi connectivity index (χ1v) is 7.77. The van der Waals surface area contributed by atoms with Gasteiger partial charge in [-0.25, -0.2) is 8.42 Å². The number of hydrogen-bond donors (Lipinski definition) is 1. The van der Waals surface area contributed by atoms with Crippen molar-refractivity contribution in [2.45, 2.75) is 26.3 Å². The summed E-state index contributed by atoms with van der Waals surface area (Å²) in [6, 6.07) is -0.180. The van der Waals surface area contributed by atoms with Gasteiger partial charge in [0.1, 0.15) is 0 Å². The van der Waals surface area contributed by atoms with E-state index in [0.717, 1.165) is 0 Å². The van der Waals surface area contributed by atoms with Crippen LogP contribution >= 0.6 is 0 Å². The van der Waals surface area contributed by atoms with Crippen LogP contribution in [0.2, 0.25) is 0 Å². The van der Waals surface area contributed by atoms with Gasteiger partial charge in [0.15, 0.2) is 9.84 Å². The highest BCUT2D eigenvalue weighted by atomic mass is 32.2. The molecular formula is C11H22N2O3S. The third kappa shape index (κ3) is 3.42. The number of amides is 1. The Hall–Kier alpha value is -0.620. The van der Waals surface area contributed by atoms with Crippen molar-refractivity contribution in [3.63, 3.8) is 0 Å². The molecule has 0 spiro atoms. The minimum absolute atomic E-state index is 0.0374. The van der Waals surface area contributed by atoms with E-state index in [1.165, 1.54) is 0 Å². The monoisotopic (exact) mass is 262 g/mol. The van der Waals surface area contributed by atoms with Gasteiger partial charge in [-0.3, -0.25) is 4.79 Å². The second kappa shape index (κ2) is 5.35. The molecule has 2 N–H and O–H groups in total. The van der Waals surface area contributed by atoms with Crippen LogP contribution in [0.25, 0.3) is 0 Å². The molecule has 0 aromatic rings. The minimum atomic E-state index is -2.95.